The maximum absolute atomic E-state index is 12.4. The minimum atomic E-state index is -1.19. The number of carboxylic acid groups (broad SMARTS) is 1. The Bertz CT molecular complexity index is 793. The highest BCUT2D eigenvalue weighted by atomic mass is 16.4. The molecule has 8 heteroatoms. The molecule has 0 saturated heterocycles. The Morgan fingerprint density at radius 3 is 2.57 bits per heavy atom. The van der Waals surface area contributed by atoms with Crippen LogP contribution in [0.3, 0.4) is 0 Å². The molecule has 0 fully saturated rings. The first kappa shape index (κ1) is 16.5. The van der Waals surface area contributed by atoms with Crippen LogP contribution in [0.25, 0.3) is 0 Å². The van der Waals surface area contributed by atoms with Gasteiger partial charge in [-0.25, -0.2) is 9.78 Å². The van der Waals surface area contributed by atoms with Crippen molar-refractivity contribution < 1.29 is 14.7 Å². The minimum Gasteiger partial charge on any atom is -0.480 e. The molecule has 0 spiro atoms. The number of imidazole rings is 1. The number of pyridine rings is 1. The first-order valence-corrected chi connectivity index (χ1v) is 7.02. The predicted octanol–water partition coefficient (Wildman–Crippen LogP) is 0.449. The lowest BCUT2D eigenvalue weighted by atomic mass is 10.0. The molecule has 0 aliphatic carbocycles. The van der Waals surface area contributed by atoms with Crippen molar-refractivity contribution in [3.63, 3.8) is 0 Å². The van der Waals surface area contributed by atoms with Crippen LogP contribution in [0.15, 0.2) is 17.3 Å². The molecule has 0 saturated carbocycles. The third-order valence-electron chi connectivity index (χ3n) is 3.84. The molecular weight excluding hydrogens is 300 g/mol. The molecule has 8 nitrogen and oxygen atoms in total. The molecule has 0 aliphatic rings. The van der Waals surface area contributed by atoms with Gasteiger partial charge < -0.3 is 20.4 Å². The number of rotatable bonds is 5. The number of nitrogens with zero attached hydrogens (tertiary/aromatic N) is 1. The van der Waals surface area contributed by atoms with Crippen LogP contribution in [-0.2, 0) is 11.2 Å². The van der Waals surface area contributed by atoms with Crippen molar-refractivity contribution in [3.8, 4) is 0 Å². The van der Waals surface area contributed by atoms with Crippen LogP contribution >= 0.6 is 0 Å². The van der Waals surface area contributed by atoms with Crippen LogP contribution in [0.4, 0.5) is 0 Å². The van der Waals surface area contributed by atoms with E-state index in [9.17, 15) is 19.5 Å². The highest BCUT2D eigenvalue weighted by molar-refractivity contribution is 5.97. The van der Waals surface area contributed by atoms with Crippen LogP contribution < -0.4 is 10.9 Å². The number of aryl methyl sites for hydroxylation is 1. The standard InChI is InChI=1S/C15H18N4O4/c1-7-8(2)12(13(20)18-9(7)3)14(21)19-11(15(22)23)4-10-5-16-6-17-10/h5-6,11H,4H2,1-3H3,(H,16,17)(H,18,20)(H,19,21)(H,22,23). The van der Waals surface area contributed by atoms with Gasteiger partial charge in [0, 0.05) is 24.0 Å². The summed E-state index contributed by atoms with van der Waals surface area (Å²) < 4.78 is 0. The highest BCUT2D eigenvalue weighted by Crippen LogP contribution is 2.12. The molecule has 2 heterocycles. The summed E-state index contributed by atoms with van der Waals surface area (Å²) >= 11 is 0. The van der Waals surface area contributed by atoms with E-state index in [0.29, 0.717) is 17.0 Å². The molecule has 0 radical (unpaired) electrons. The summed E-state index contributed by atoms with van der Waals surface area (Å²) in [6, 6.07) is -1.16. The number of aromatic amines is 2. The van der Waals surface area contributed by atoms with Gasteiger partial charge in [0.05, 0.1) is 6.33 Å². The first-order valence-electron chi connectivity index (χ1n) is 7.02. The van der Waals surface area contributed by atoms with Gasteiger partial charge in [0.15, 0.2) is 0 Å². The monoisotopic (exact) mass is 318 g/mol. The van der Waals surface area contributed by atoms with Crippen LogP contribution in [0.5, 0.6) is 0 Å². The van der Waals surface area contributed by atoms with Crippen molar-refractivity contribution in [2.75, 3.05) is 0 Å². The van der Waals surface area contributed by atoms with Crippen molar-refractivity contribution in [1.82, 2.24) is 20.3 Å². The number of carboxylic acids is 1. The average molecular weight is 318 g/mol. The Hall–Kier alpha value is -2.90. The first-order chi connectivity index (χ1) is 10.8. The highest BCUT2D eigenvalue weighted by Gasteiger charge is 2.24. The quantitative estimate of drug-likeness (QED) is 0.636. The Balaban J connectivity index is 2.28. The Morgan fingerprint density at radius 1 is 1.30 bits per heavy atom. The topological polar surface area (TPSA) is 128 Å². The van der Waals surface area contributed by atoms with Crippen molar-refractivity contribution in [3.05, 3.63) is 51.0 Å². The van der Waals surface area contributed by atoms with Gasteiger partial charge in [0.2, 0.25) is 0 Å². The van der Waals surface area contributed by atoms with E-state index in [1.807, 2.05) is 0 Å². The molecule has 2 aromatic rings. The third kappa shape index (κ3) is 3.47. The second-order valence-electron chi connectivity index (χ2n) is 5.35. The largest absolute Gasteiger partial charge is 0.480 e. The van der Waals surface area contributed by atoms with Crippen LogP contribution in [0.1, 0.15) is 32.9 Å². The normalized spacial score (nSPS) is 12.0. The number of aliphatic carboxylic acids is 1. The summed E-state index contributed by atoms with van der Waals surface area (Å²) in [7, 11) is 0. The second-order valence-corrected chi connectivity index (χ2v) is 5.35. The summed E-state index contributed by atoms with van der Waals surface area (Å²) in [6.07, 6.45) is 2.95. The summed E-state index contributed by atoms with van der Waals surface area (Å²) in [5.41, 5.74) is 1.97. The van der Waals surface area contributed by atoms with Gasteiger partial charge in [0.1, 0.15) is 11.6 Å². The van der Waals surface area contributed by atoms with E-state index in [1.54, 1.807) is 20.8 Å². The van der Waals surface area contributed by atoms with Crippen molar-refractivity contribution in [2.24, 2.45) is 0 Å². The number of hydrogen-bond donors (Lipinski definition) is 4. The van der Waals surface area contributed by atoms with E-state index in [1.165, 1.54) is 12.5 Å². The maximum atomic E-state index is 12.4. The molecule has 23 heavy (non-hydrogen) atoms. The van der Waals surface area contributed by atoms with Crippen LogP contribution in [-0.4, -0.2) is 38.0 Å². The molecule has 1 atom stereocenters. The zero-order chi connectivity index (χ0) is 17.1. The van der Waals surface area contributed by atoms with Crippen molar-refractivity contribution in [2.45, 2.75) is 33.2 Å². The number of aromatic nitrogens is 3. The summed E-state index contributed by atoms with van der Waals surface area (Å²) in [5, 5.41) is 11.7. The van der Waals surface area contributed by atoms with E-state index >= 15 is 0 Å². The molecule has 0 aromatic carbocycles. The van der Waals surface area contributed by atoms with E-state index in [4.69, 9.17) is 0 Å². The smallest absolute Gasteiger partial charge is 0.326 e. The second kappa shape index (κ2) is 6.47. The fourth-order valence-corrected chi connectivity index (χ4v) is 2.29. The Labute approximate surface area is 132 Å². The van der Waals surface area contributed by atoms with E-state index in [0.717, 1.165) is 5.56 Å². The maximum Gasteiger partial charge on any atom is 0.326 e. The molecule has 2 rings (SSSR count). The van der Waals surface area contributed by atoms with Gasteiger partial charge in [0.25, 0.3) is 11.5 Å². The molecule has 122 valence electrons. The van der Waals surface area contributed by atoms with Gasteiger partial charge in [-0.2, -0.15) is 0 Å². The predicted molar refractivity (Wildman–Crippen MR) is 82.5 cm³/mol. The zero-order valence-corrected chi connectivity index (χ0v) is 13.1. The molecule has 0 aliphatic heterocycles. The minimum absolute atomic E-state index is 0.0445. The lowest BCUT2D eigenvalue weighted by Crippen LogP contribution is -2.44. The molecule has 2 aromatic heterocycles. The number of carbonyl (C=O) groups is 2. The SMILES string of the molecule is Cc1[nH]c(=O)c(C(=O)NC(Cc2cnc[nH]2)C(=O)O)c(C)c1C. The van der Waals surface area contributed by atoms with E-state index < -0.39 is 23.5 Å². The zero-order valence-electron chi connectivity index (χ0n) is 13.1. The molecule has 4 N–H and O–H groups in total. The van der Waals surface area contributed by atoms with Gasteiger partial charge in [-0.05, 0) is 31.9 Å². The Kier molecular flexibility index (Phi) is 4.63. The fraction of sp³-hybridized carbons (Fsp3) is 0.333. The third-order valence-corrected chi connectivity index (χ3v) is 3.84. The number of H-pyrrole nitrogens is 2. The lowest BCUT2D eigenvalue weighted by Gasteiger charge is -2.15. The Morgan fingerprint density at radius 2 is 2.00 bits per heavy atom. The van der Waals surface area contributed by atoms with Gasteiger partial charge >= 0.3 is 5.97 Å². The average Bonchev–Trinajstić information content (AvgIpc) is 2.97. The van der Waals surface area contributed by atoms with Gasteiger partial charge in [-0.15, -0.1) is 0 Å². The number of hydrogen-bond acceptors (Lipinski definition) is 4. The number of amides is 1. The van der Waals surface area contributed by atoms with E-state index in [2.05, 4.69) is 20.3 Å². The molecule has 1 amide bonds. The van der Waals surface area contributed by atoms with Crippen molar-refractivity contribution in [1.29, 1.82) is 0 Å². The van der Waals surface area contributed by atoms with E-state index in [-0.39, 0.29) is 12.0 Å². The van der Waals surface area contributed by atoms with Crippen LogP contribution in [0.2, 0.25) is 0 Å². The molecular formula is C15H18N4O4. The number of nitrogens with one attached hydrogen (secondary N) is 3. The molecule has 1 unspecified atom stereocenters. The molecule has 0 bridgehead atoms. The fourth-order valence-electron chi connectivity index (χ4n) is 2.29. The van der Waals surface area contributed by atoms with Gasteiger partial charge in [-0.1, -0.05) is 0 Å². The van der Waals surface area contributed by atoms with Crippen LogP contribution in [0, 0.1) is 20.8 Å². The number of carbonyl (C=O) groups excluding carboxylic acids is 1. The summed E-state index contributed by atoms with van der Waals surface area (Å²) in [6.45, 7) is 5.19. The lowest BCUT2D eigenvalue weighted by molar-refractivity contribution is -0.139. The van der Waals surface area contributed by atoms with Gasteiger partial charge in [-0.3, -0.25) is 9.59 Å². The summed E-state index contributed by atoms with van der Waals surface area (Å²) in [5.74, 6) is -1.90. The summed E-state index contributed by atoms with van der Waals surface area (Å²) in [4.78, 5) is 44.9. The van der Waals surface area contributed by atoms with Crippen molar-refractivity contribution >= 4 is 11.9 Å².